The number of nitrogens with zero attached hydrogens (tertiary/aromatic N) is 4. The molecule has 0 bridgehead atoms. The number of hydrogen-bond donors (Lipinski definition) is 1. The first-order chi connectivity index (χ1) is 14.9. The maximum absolute atomic E-state index is 13.0. The molecule has 0 atom stereocenters. The van der Waals surface area contributed by atoms with E-state index in [4.69, 9.17) is 11.6 Å². The number of rotatable bonds is 5. The minimum atomic E-state index is -3.63. The average molecular weight is 458 g/mol. The topological polar surface area (TPSA) is 95.5 Å². The van der Waals surface area contributed by atoms with Gasteiger partial charge < -0.3 is 10.2 Å². The molecule has 1 N–H and O–H groups in total. The van der Waals surface area contributed by atoms with Gasteiger partial charge in [-0.2, -0.15) is 4.31 Å². The Hall–Kier alpha value is -3.01. The number of halogens is 1. The average Bonchev–Trinajstić information content (AvgIpc) is 2.80. The van der Waals surface area contributed by atoms with Gasteiger partial charge >= 0.3 is 0 Å². The Kier molecular flexibility index (Phi) is 6.17. The van der Waals surface area contributed by atoms with E-state index in [0.717, 1.165) is 5.82 Å². The molecule has 0 spiro atoms. The standard InChI is InChI=1S/C21H20ClN5O3S/c22-17-3-1-16(2-4-17)21(28)25-18-5-7-19(8-6-18)31(29,30)27-13-11-26(12-14-27)20-15-23-9-10-24-20/h1-10,15H,11-14H2,(H,25,28). The van der Waals surface area contributed by atoms with Gasteiger partial charge in [0.25, 0.3) is 5.91 Å². The summed E-state index contributed by atoms with van der Waals surface area (Å²) >= 11 is 5.84. The first kappa shape index (κ1) is 21.2. The summed E-state index contributed by atoms with van der Waals surface area (Å²) in [5.41, 5.74) is 0.966. The second-order valence-electron chi connectivity index (χ2n) is 6.94. The molecule has 3 aromatic rings. The van der Waals surface area contributed by atoms with Crippen LogP contribution < -0.4 is 10.2 Å². The molecule has 1 fully saturated rings. The van der Waals surface area contributed by atoms with Crippen molar-refractivity contribution >= 4 is 39.0 Å². The van der Waals surface area contributed by atoms with Gasteiger partial charge in [-0.25, -0.2) is 13.4 Å². The molecule has 1 aliphatic rings. The number of sulfonamides is 1. The molecule has 2 heterocycles. The normalized spacial score (nSPS) is 14.9. The first-order valence-electron chi connectivity index (χ1n) is 9.61. The molecule has 8 nitrogen and oxygen atoms in total. The molecule has 0 aliphatic carbocycles. The minimum absolute atomic E-state index is 0.185. The van der Waals surface area contributed by atoms with Gasteiger partial charge in [0.05, 0.1) is 11.1 Å². The van der Waals surface area contributed by atoms with Gasteiger partial charge in [0.1, 0.15) is 5.82 Å². The van der Waals surface area contributed by atoms with Crippen LogP contribution in [0.15, 0.2) is 72.0 Å². The molecule has 10 heteroatoms. The SMILES string of the molecule is O=C(Nc1ccc(S(=O)(=O)N2CCN(c3cnccn3)CC2)cc1)c1ccc(Cl)cc1. The number of aromatic nitrogens is 2. The number of nitrogens with one attached hydrogen (secondary N) is 1. The number of hydrogen-bond acceptors (Lipinski definition) is 6. The molecular formula is C21H20ClN5O3S. The molecule has 1 amide bonds. The van der Waals surface area contributed by atoms with Crippen LogP contribution in [0.3, 0.4) is 0 Å². The van der Waals surface area contributed by atoms with Crippen molar-refractivity contribution in [3.05, 3.63) is 77.7 Å². The summed E-state index contributed by atoms with van der Waals surface area (Å²) in [7, 11) is -3.63. The van der Waals surface area contributed by atoms with E-state index in [-0.39, 0.29) is 10.8 Å². The third-order valence-electron chi connectivity index (χ3n) is 4.97. The quantitative estimate of drug-likeness (QED) is 0.633. The molecule has 0 unspecified atom stereocenters. The number of anilines is 2. The van der Waals surface area contributed by atoms with Crippen LogP contribution >= 0.6 is 11.6 Å². The highest BCUT2D eigenvalue weighted by atomic mass is 35.5. The number of benzene rings is 2. The second kappa shape index (κ2) is 9.01. The summed E-state index contributed by atoms with van der Waals surface area (Å²) in [6.45, 7) is 1.78. The lowest BCUT2D eigenvalue weighted by Crippen LogP contribution is -2.48. The fraction of sp³-hybridized carbons (Fsp3) is 0.190. The summed E-state index contributed by atoms with van der Waals surface area (Å²) < 4.78 is 27.5. The van der Waals surface area contributed by atoms with Crippen LogP contribution in [0.4, 0.5) is 11.5 Å². The van der Waals surface area contributed by atoms with Crippen LogP contribution in [0.2, 0.25) is 5.02 Å². The van der Waals surface area contributed by atoms with Gasteiger partial charge in [-0.3, -0.25) is 9.78 Å². The van der Waals surface area contributed by atoms with Gasteiger partial charge in [0, 0.05) is 54.8 Å². The van der Waals surface area contributed by atoms with Gasteiger partial charge in [-0.1, -0.05) is 11.6 Å². The van der Waals surface area contributed by atoms with Gasteiger partial charge in [0.2, 0.25) is 10.0 Å². The first-order valence-corrected chi connectivity index (χ1v) is 11.4. The third kappa shape index (κ3) is 4.84. The molecular weight excluding hydrogens is 438 g/mol. The number of carbonyl (C=O) groups is 1. The second-order valence-corrected chi connectivity index (χ2v) is 9.31. The van der Waals surface area contributed by atoms with Gasteiger partial charge in [-0.05, 0) is 48.5 Å². The summed E-state index contributed by atoms with van der Waals surface area (Å²) in [6.07, 6.45) is 4.89. The highest BCUT2D eigenvalue weighted by Crippen LogP contribution is 2.22. The molecule has 1 aliphatic heterocycles. The number of amides is 1. The smallest absolute Gasteiger partial charge is 0.255 e. The maximum Gasteiger partial charge on any atom is 0.255 e. The molecule has 2 aromatic carbocycles. The van der Waals surface area contributed by atoms with Crippen molar-refractivity contribution in [2.75, 3.05) is 36.4 Å². The van der Waals surface area contributed by atoms with E-state index in [2.05, 4.69) is 15.3 Å². The Balaban J connectivity index is 1.40. The number of piperazine rings is 1. The molecule has 160 valence electrons. The molecule has 1 aromatic heterocycles. The molecule has 31 heavy (non-hydrogen) atoms. The van der Waals surface area contributed by atoms with Gasteiger partial charge in [-0.15, -0.1) is 0 Å². The predicted octanol–water partition coefficient (Wildman–Crippen LogP) is 2.89. The third-order valence-corrected chi connectivity index (χ3v) is 7.13. The fourth-order valence-corrected chi connectivity index (χ4v) is 4.82. The van der Waals surface area contributed by atoms with Crippen LogP contribution in [0.5, 0.6) is 0 Å². The van der Waals surface area contributed by atoms with Crippen LogP contribution in [0, 0.1) is 0 Å². The van der Waals surface area contributed by atoms with Gasteiger partial charge in [0.15, 0.2) is 0 Å². The Morgan fingerprint density at radius 1 is 0.935 bits per heavy atom. The van der Waals surface area contributed by atoms with Crippen LogP contribution in [0.1, 0.15) is 10.4 Å². The highest BCUT2D eigenvalue weighted by Gasteiger charge is 2.29. The Labute approximate surface area is 185 Å². The molecule has 0 radical (unpaired) electrons. The summed E-state index contributed by atoms with van der Waals surface area (Å²) in [5.74, 6) is 0.438. The van der Waals surface area contributed by atoms with Crippen LogP contribution in [-0.4, -0.2) is 54.8 Å². The van der Waals surface area contributed by atoms with E-state index < -0.39 is 10.0 Å². The summed E-state index contributed by atoms with van der Waals surface area (Å²) in [5, 5.41) is 3.29. The van der Waals surface area contributed by atoms with Crippen LogP contribution in [0.25, 0.3) is 0 Å². The largest absolute Gasteiger partial charge is 0.353 e. The molecule has 1 saturated heterocycles. The monoisotopic (exact) mass is 457 g/mol. The minimum Gasteiger partial charge on any atom is -0.353 e. The lowest BCUT2D eigenvalue weighted by atomic mass is 10.2. The van der Waals surface area contributed by atoms with Crippen molar-refractivity contribution in [1.29, 1.82) is 0 Å². The summed E-state index contributed by atoms with van der Waals surface area (Å²) in [4.78, 5) is 22.8. The highest BCUT2D eigenvalue weighted by molar-refractivity contribution is 7.89. The van der Waals surface area contributed by atoms with Crippen molar-refractivity contribution in [1.82, 2.24) is 14.3 Å². The number of carbonyl (C=O) groups excluding carboxylic acids is 1. The Morgan fingerprint density at radius 3 is 2.23 bits per heavy atom. The van der Waals surface area contributed by atoms with E-state index in [1.807, 2.05) is 4.90 Å². The lowest BCUT2D eigenvalue weighted by Gasteiger charge is -2.34. The van der Waals surface area contributed by atoms with Crippen molar-refractivity contribution in [3.8, 4) is 0 Å². The van der Waals surface area contributed by atoms with Crippen molar-refractivity contribution in [2.45, 2.75) is 4.90 Å². The van der Waals surface area contributed by atoms with E-state index >= 15 is 0 Å². The van der Waals surface area contributed by atoms with Crippen LogP contribution in [-0.2, 0) is 10.0 Å². The molecule has 4 rings (SSSR count). The summed E-state index contributed by atoms with van der Waals surface area (Å²) in [6, 6.07) is 12.7. The van der Waals surface area contributed by atoms with E-state index in [0.29, 0.717) is 42.5 Å². The lowest BCUT2D eigenvalue weighted by molar-refractivity contribution is 0.102. The maximum atomic E-state index is 13.0. The van der Waals surface area contributed by atoms with Crippen molar-refractivity contribution < 1.29 is 13.2 Å². The van der Waals surface area contributed by atoms with Crippen molar-refractivity contribution in [3.63, 3.8) is 0 Å². The van der Waals surface area contributed by atoms with Crippen molar-refractivity contribution in [2.24, 2.45) is 0 Å². The zero-order valence-electron chi connectivity index (χ0n) is 16.5. The van der Waals surface area contributed by atoms with E-state index in [1.54, 1.807) is 55.0 Å². The van der Waals surface area contributed by atoms with E-state index in [1.165, 1.54) is 16.4 Å². The Morgan fingerprint density at radius 2 is 1.61 bits per heavy atom. The zero-order valence-corrected chi connectivity index (χ0v) is 18.1. The van der Waals surface area contributed by atoms with E-state index in [9.17, 15) is 13.2 Å². The molecule has 0 saturated carbocycles. The zero-order chi connectivity index (χ0) is 21.8. The Bertz CT molecular complexity index is 1150. The predicted molar refractivity (Wildman–Crippen MR) is 119 cm³/mol. The fourth-order valence-electron chi connectivity index (χ4n) is 3.28.